The molecule has 34 heavy (non-hydrogen) atoms. The Labute approximate surface area is 200 Å². The van der Waals surface area contributed by atoms with Gasteiger partial charge in [-0.05, 0) is 36.7 Å². The molecule has 7 nitrogen and oxygen atoms in total. The fourth-order valence-corrected chi connectivity index (χ4v) is 6.02. The lowest BCUT2D eigenvalue weighted by Crippen LogP contribution is -2.64. The molecular formula is C27H31N5O2. The molecule has 0 unspecified atom stereocenters. The van der Waals surface area contributed by atoms with E-state index in [9.17, 15) is 9.59 Å². The molecule has 2 fully saturated rings. The smallest absolute Gasteiger partial charge is 0.254 e. The molecule has 176 valence electrons. The molecule has 3 atom stereocenters. The van der Waals surface area contributed by atoms with Crippen LogP contribution in [0, 0.1) is 5.92 Å². The number of hydrogen-bond acceptors (Lipinski definition) is 4. The van der Waals surface area contributed by atoms with Crippen LogP contribution in [0.25, 0.3) is 0 Å². The standard InChI is InChI=1S/C27H31N5O2/c1-20(33)29-27-18-30(2)25(21-9-4-3-5-10-21)24(27)13-16-31(19-27)26(34)23-12-7-6-11-22(23)17-32-15-8-14-28-32/h3-12,14-15,24-25H,13,16-19H2,1-2H3,(H,29,33)/t24-,25-,27+/m1/s1. The van der Waals surface area contributed by atoms with E-state index in [0.717, 1.165) is 12.0 Å². The molecule has 3 aromatic rings. The minimum atomic E-state index is -0.480. The summed E-state index contributed by atoms with van der Waals surface area (Å²) in [5, 5.41) is 7.58. The van der Waals surface area contributed by atoms with E-state index in [2.05, 4.69) is 46.6 Å². The molecule has 2 aliphatic heterocycles. The zero-order valence-corrected chi connectivity index (χ0v) is 19.7. The summed E-state index contributed by atoms with van der Waals surface area (Å²) in [6, 6.07) is 20.3. The lowest BCUT2D eigenvalue weighted by atomic mass is 9.75. The van der Waals surface area contributed by atoms with Gasteiger partial charge in [-0.1, -0.05) is 48.5 Å². The van der Waals surface area contributed by atoms with Crippen molar-refractivity contribution >= 4 is 11.8 Å². The van der Waals surface area contributed by atoms with Gasteiger partial charge in [-0.15, -0.1) is 0 Å². The number of carbonyl (C=O) groups is 2. The second-order valence-corrected chi connectivity index (χ2v) is 9.59. The van der Waals surface area contributed by atoms with Crippen LogP contribution in [-0.2, 0) is 11.3 Å². The van der Waals surface area contributed by atoms with Crippen molar-refractivity contribution in [3.63, 3.8) is 0 Å². The van der Waals surface area contributed by atoms with Gasteiger partial charge in [0.15, 0.2) is 0 Å². The van der Waals surface area contributed by atoms with Crippen LogP contribution in [0.5, 0.6) is 0 Å². The number of rotatable bonds is 5. The van der Waals surface area contributed by atoms with Crippen LogP contribution in [0.15, 0.2) is 73.1 Å². The zero-order chi connectivity index (χ0) is 23.7. The molecule has 1 aromatic heterocycles. The predicted molar refractivity (Wildman–Crippen MR) is 130 cm³/mol. The summed E-state index contributed by atoms with van der Waals surface area (Å²) in [7, 11) is 2.12. The van der Waals surface area contributed by atoms with E-state index in [1.54, 1.807) is 13.1 Å². The maximum absolute atomic E-state index is 13.8. The van der Waals surface area contributed by atoms with Crippen molar-refractivity contribution in [2.24, 2.45) is 5.92 Å². The number of amides is 2. The van der Waals surface area contributed by atoms with Crippen molar-refractivity contribution in [1.82, 2.24) is 24.9 Å². The molecule has 1 N–H and O–H groups in total. The van der Waals surface area contributed by atoms with Crippen LogP contribution in [0.4, 0.5) is 0 Å². The maximum Gasteiger partial charge on any atom is 0.254 e. The summed E-state index contributed by atoms with van der Waals surface area (Å²) in [4.78, 5) is 30.4. The van der Waals surface area contributed by atoms with E-state index in [1.165, 1.54) is 5.56 Å². The topological polar surface area (TPSA) is 70.5 Å². The highest BCUT2D eigenvalue weighted by Gasteiger charge is 2.55. The molecular weight excluding hydrogens is 426 g/mol. The van der Waals surface area contributed by atoms with E-state index >= 15 is 0 Å². The Hall–Kier alpha value is -3.45. The Morgan fingerprint density at radius 1 is 1.06 bits per heavy atom. The summed E-state index contributed by atoms with van der Waals surface area (Å²) in [6.45, 7) is 3.98. The summed E-state index contributed by atoms with van der Waals surface area (Å²) >= 11 is 0. The van der Waals surface area contributed by atoms with Gasteiger partial charge in [0.05, 0.1) is 12.1 Å². The number of fused-ring (bicyclic) bond motifs is 1. The van der Waals surface area contributed by atoms with Gasteiger partial charge in [-0.25, -0.2) is 0 Å². The minimum absolute atomic E-state index is 0.0109. The number of likely N-dealkylation sites (tertiary alicyclic amines) is 2. The minimum Gasteiger partial charge on any atom is -0.347 e. The lowest BCUT2D eigenvalue weighted by Gasteiger charge is -2.45. The fourth-order valence-electron chi connectivity index (χ4n) is 6.02. The van der Waals surface area contributed by atoms with E-state index in [1.807, 2.05) is 52.2 Å². The largest absolute Gasteiger partial charge is 0.347 e. The van der Waals surface area contributed by atoms with Crippen LogP contribution in [0.1, 0.15) is 40.9 Å². The first kappa shape index (κ1) is 22.3. The molecule has 0 spiro atoms. The molecule has 0 radical (unpaired) electrons. The second kappa shape index (κ2) is 9.06. The van der Waals surface area contributed by atoms with Crippen molar-refractivity contribution in [3.8, 4) is 0 Å². The highest BCUT2D eigenvalue weighted by atomic mass is 16.2. The van der Waals surface area contributed by atoms with Gasteiger partial charge in [0, 0.05) is 56.5 Å². The van der Waals surface area contributed by atoms with Gasteiger partial charge in [0.25, 0.3) is 5.91 Å². The van der Waals surface area contributed by atoms with Crippen molar-refractivity contribution < 1.29 is 9.59 Å². The number of likely N-dealkylation sites (N-methyl/N-ethyl adjacent to an activating group) is 1. The van der Waals surface area contributed by atoms with Gasteiger partial charge in [0.1, 0.15) is 0 Å². The maximum atomic E-state index is 13.8. The zero-order valence-electron chi connectivity index (χ0n) is 19.7. The normalized spacial score (nSPS) is 24.6. The molecule has 5 rings (SSSR count). The molecule has 7 heteroatoms. The first-order chi connectivity index (χ1) is 16.5. The summed E-state index contributed by atoms with van der Waals surface area (Å²) in [5.74, 6) is 0.185. The predicted octanol–water partition coefficient (Wildman–Crippen LogP) is 2.96. The van der Waals surface area contributed by atoms with Gasteiger partial charge in [0.2, 0.25) is 5.91 Å². The highest BCUT2D eigenvalue weighted by Crippen LogP contribution is 2.47. The Balaban J connectivity index is 1.43. The van der Waals surface area contributed by atoms with Gasteiger partial charge in [-0.3, -0.25) is 19.2 Å². The SMILES string of the molecule is CC(=O)N[C@@]12CN(C(=O)c3ccccc3Cn3cccn3)CC[C@@H]1[C@@H](c1ccccc1)N(C)C2. The number of carbonyl (C=O) groups excluding carboxylic acids is 2. The van der Waals surface area contributed by atoms with E-state index in [4.69, 9.17) is 0 Å². The number of piperidine rings is 1. The molecule has 2 aliphatic rings. The molecule has 2 amide bonds. The van der Waals surface area contributed by atoms with Gasteiger partial charge < -0.3 is 10.2 Å². The van der Waals surface area contributed by atoms with E-state index in [-0.39, 0.29) is 23.8 Å². The van der Waals surface area contributed by atoms with Crippen LogP contribution in [-0.4, -0.2) is 63.6 Å². The second-order valence-electron chi connectivity index (χ2n) is 9.59. The van der Waals surface area contributed by atoms with Crippen molar-refractivity contribution in [1.29, 1.82) is 0 Å². The molecule has 0 aliphatic carbocycles. The van der Waals surface area contributed by atoms with Crippen LogP contribution >= 0.6 is 0 Å². The molecule has 0 bridgehead atoms. The van der Waals surface area contributed by atoms with Crippen LogP contribution in [0.2, 0.25) is 0 Å². The average molecular weight is 458 g/mol. The number of aromatic nitrogens is 2. The van der Waals surface area contributed by atoms with E-state index < -0.39 is 5.54 Å². The Kier molecular flexibility index (Phi) is 5.96. The van der Waals surface area contributed by atoms with Gasteiger partial charge >= 0.3 is 0 Å². The number of nitrogens with one attached hydrogen (secondary N) is 1. The first-order valence-electron chi connectivity index (χ1n) is 11.9. The highest BCUT2D eigenvalue weighted by molar-refractivity contribution is 5.96. The third kappa shape index (κ3) is 4.12. The first-order valence-corrected chi connectivity index (χ1v) is 11.9. The molecule has 2 saturated heterocycles. The van der Waals surface area contributed by atoms with E-state index in [0.29, 0.717) is 31.7 Å². The number of nitrogens with zero attached hydrogens (tertiary/aromatic N) is 4. The quantitative estimate of drug-likeness (QED) is 0.640. The van der Waals surface area contributed by atoms with Crippen LogP contribution in [0.3, 0.4) is 0 Å². The van der Waals surface area contributed by atoms with Crippen molar-refractivity contribution in [2.45, 2.75) is 31.5 Å². The summed E-state index contributed by atoms with van der Waals surface area (Å²) in [5.41, 5.74) is 2.41. The Morgan fingerprint density at radius 2 is 1.82 bits per heavy atom. The lowest BCUT2D eigenvalue weighted by molar-refractivity contribution is -0.122. The Bertz CT molecular complexity index is 1160. The fraction of sp³-hybridized carbons (Fsp3) is 0.370. The third-order valence-electron chi connectivity index (χ3n) is 7.27. The Morgan fingerprint density at radius 3 is 2.56 bits per heavy atom. The summed E-state index contributed by atoms with van der Waals surface area (Å²) < 4.78 is 1.83. The molecule has 0 saturated carbocycles. The van der Waals surface area contributed by atoms with Crippen molar-refractivity contribution in [3.05, 3.63) is 89.7 Å². The monoisotopic (exact) mass is 457 g/mol. The van der Waals surface area contributed by atoms with Crippen molar-refractivity contribution in [2.75, 3.05) is 26.7 Å². The van der Waals surface area contributed by atoms with Gasteiger partial charge in [-0.2, -0.15) is 5.10 Å². The average Bonchev–Trinajstić information content (AvgIpc) is 3.43. The summed E-state index contributed by atoms with van der Waals surface area (Å²) in [6.07, 6.45) is 4.47. The molecule has 2 aromatic carbocycles. The third-order valence-corrected chi connectivity index (χ3v) is 7.27. The number of hydrogen-bond donors (Lipinski definition) is 1. The number of benzene rings is 2. The van der Waals surface area contributed by atoms with Crippen LogP contribution < -0.4 is 5.32 Å². The molecule has 3 heterocycles.